The predicted octanol–water partition coefficient (Wildman–Crippen LogP) is 1.70. The molecular weight excluding hydrogens is 537 g/mol. The van der Waals surface area contributed by atoms with Crippen molar-refractivity contribution in [2.24, 2.45) is 5.73 Å². The Bertz CT molecular complexity index is 990. The highest BCUT2D eigenvalue weighted by atomic mass is 127. The van der Waals surface area contributed by atoms with Crippen LogP contribution in [-0.4, -0.2) is 61.7 Å². The number of hydrogen-bond acceptors (Lipinski definition) is 6. The molecule has 3 rings (SSSR count). The zero-order valence-corrected chi connectivity index (χ0v) is 21.0. The van der Waals surface area contributed by atoms with Gasteiger partial charge in [0.1, 0.15) is 5.75 Å². The average molecular weight is 567 g/mol. The molecule has 0 bridgehead atoms. The SMILES string of the molecule is CNC(=O)C1=CC(C(=O)NCCCC2OCC(N)CO2)=CC(Cc2ccccc2OC)=C=I1. The van der Waals surface area contributed by atoms with Crippen LogP contribution in [0.1, 0.15) is 18.4 Å². The molecule has 1 saturated heterocycles. The van der Waals surface area contributed by atoms with Crippen molar-refractivity contribution in [2.75, 3.05) is 33.9 Å². The lowest BCUT2D eigenvalue weighted by atomic mass is 10.0. The Labute approximate surface area is 204 Å². The Kier molecular flexibility index (Phi) is 9.83. The summed E-state index contributed by atoms with van der Waals surface area (Å²) >= 11 is -0.815. The van der Waals surface area contributed by atoms with E-state index in [9.17, 15) is 9.59 Å². The van der Waals surface area contributed by atoms with E-state index in [1.807, 2.05) is 30.3 Å². The number of carbonyl (C=O) groups excluding carboxylic acids is 2. The number of hydrogen-bond donors (Lipinski definition) is 3. The molecule has 0 aromatic heterocycles. The Balaban J connectivity index is 1.67. The van der Waals surface area contributed by atoms with Crippen LogP contribution in [0.15, 0.2) is 51.1 Å². The van der Waals surface area contributed by atoms with E-state index in [2.05, 4.69) is 14.3 Å². The molecule has 0 atom stereocenters. The van der Waals surface area contributed by atoms with E-state index < -0.39 is 20.7 Å². The molecule has 9 heteroatoms. The van der Waals surface area contributed by atoms with Crippen LogP contribution in [0.3, 0.4) is 0 Å². The molecule has 33 heavy (non-hydrogen) atoms. The fourth-order valence-electron chi connectivity index (χ4n) is 3.33. The van der Waals surface area contributed by atoms with E-state index in [4.69, 9.17) is 19.9 Å². The van der Waals surface area contributed by atoms with Crippen LogP contribution >= 0.6 is 20.7 Å². The minimum absolute atomic E-state index is 0.0813. The molecule has 2 aliphatic rings. The molecule has 1 aromatic carbocycles. The monoisotopic (exact) mass is 567 g/mol. The normalized spacial score (nSPS) is 20.4. The highest BCUT2D eigenvalue weighted by Gasteiger charge is 2.19. The largest absolute Gasteiger partial charge is 0.496 e. The quantitative estimate of drug-likeness (QED) is 0.310. The second kappa shape index (κ2) is 12.8. The summed E-state index contributed by atoms with van der Waals surface area (Å²) in [5.74, 6) is 0.368. The molecule has 0 aliphatic carbocycles. The average Bonchev–Trinajstić information content (AvgIpc) is 3.05. The van der Waals surface area contributed by atoms with Crippen molar-refractivity contribution < 1.29 is 23.8 Å². The van der Waals surface area contributed by atoms with Gasteiger partial charge in [0.2, 0.25) is 0 Å². The van der Waals surface area contributed by atoms with Crippen molar-refractivity contribution in [3.05, 3.63) is 56.7 Å². The first-order valence-corrected chi connectivity index (χ1v) is 13.0. The van der Waals surface area contributed by atoms with Gasteiger partial charge in [0.15, 0.2) is 6.29 Å². The van der Waals surface area contributed by atoms with Crippen molar-refractivity contribution in [3.8, 4) is 5.75 Å². The number of ether oxygens (including phenoxy) is 3. The maximum atomic E-state index is 12.9. The van der Waals surface area contributed by atoms with Crippen LogP contribution in [-0.2, 0) is 25.5 Å². The lowest BCUT2D eigenvalue weighted by molar-refractivity contribution is -0.188. The zero-order valence-electron chi connectivity index (χ0n) is 18.9. The first-order chi connectivity index (χ1) is 16.0. The molecule has 1 fully saturated rings. The van der Waals surface area contributed by atoms with E-state index in [-0.39, 0.29) is 24.1 Å². The summed E-state index contributed by atoms with van der Waals surface area (Å²) in [7, 11) is 3.22. The number of rotatable bonds is 9. The van der Waals surface area contributed by atoms with Gasteiger partial charge in [0.05, 0.1) is 29.9 Å². The summed E-state index contributed by atoms with van der Waals surface area (Å²) in [6, 6.07) is 7.67. The van der Waals surface area contributed by atoms with Crippen LogP contribution in [0, 0.1) is 0 Å². The van der Waals surface area contributed by atoms with Crippen LogP contribution in [0.5, 0.6) is 5.75 Å². The van der Waals surface area contributed by atoms with Crippen LogP contribution < -0.4 is 21.1 Å². The second-order valence-electron chi connectivity index (χ2n) is 7.63. The van der Waals surface area contributed by atoms with Gasteiger partial charge < -0.3 is 30.6 Å². The maximum Gasteiger partial charge on any atom is 0.257 e. The molecule has 2 heterocycles. The Morgan fingerprint density at radius 2 is 1.97 bits per heavy atom. The molecule has 0 radical (unpaired) electrons. The second-order valence-corrected chi connectivity index (χ2v) is 9.87. The molecule has 0 saturated carbocycles. The standard InChI is InChI=1S/C24H30IN3O5/c1-27-24(30)20-12-18(23(29)28-9-5-8-22-32-14-19(26)15-33-22)11-16(13-25-20)10-17-6-3-4-7-21(17)31-2/h3-4,6-7,11-12,19,22H,5,8-10,14-15,26H2,1-2H3,(H,27,30)(H,28,29). The predicted molar refractivity (Wildman–Crippen MR) is 135 cm³/mol. The third kappa shape index (κ3) is 7.62. The van der Waals surface area contributed by atoms with Gasteiger partial charge in [-0.15, -0.1) is 0 Å². The molecule has 0 spiro atoms. The molecule has 4 N–H and O–H groups in total. The number of nitrogens with two attached hydrogens (primary N) is 1. The van der Waals surface area contributed by atoms with E-state index in [0.717, 1.165) is 16.9 Å². The number of para-hydroxylation sites is 1. The highest BCUT2D eigenvalue weighted by molar-refractivity contribution is 14.2. The molecule has 178 valence electrons. The summed E-state index contributed by atoms with van der Waals surface area (Å²) in [4.78, 5) is 25.2. The molecule has 2 aliphatic heterocycles. The van der Waals surface area contributed by atoms with Crippen LogP contribution in [0.4, 0.5) is 0 Å². The lowest BCUT2D eigenvalue weighted by Gasteiger charge is -2.27. The first kappa shape index (κ1) is 25.3. The van der Waals surface area contributed by atoms with E-state index in [1.165, 1.54) is 0 Å². The highest BCUT2D eigenvalue weighted by Crippen LogP contribution is 2.25. The Morgan fingerprint density at radius 1 is 1.21 bits per heavy atom. The fraction of sp³-hybridized carbons (Fsp3) is 0.417. The minimum Gasteiger partial charge on any atom is -0.496 e. The van der Waals surface area contributed by atoms with Crippen molar-refractivity contribution in [1.82, 2.24) is 10.6 Å². The smallest absolute Gasteiger partial charge is 0.257 e. The third-order valence-corrected chi connectivity index (χ3v) is 7.40. The summed E-state index contributed by atoms with van der Waals surface area (Å²) < 4.78 is 20.5. The van der Waals surface area contributed by atoms with Crippen molar-refractivity contribution in [2.45, 2.75) is 31.6 Å². The van der Waals surface area contributed by atoms with Crippen LogP contribution in [0.2, 0.25) is 0 Å². The number of nitrogens with one attached hydrogen (secondary N) is 2. The summed E-state index contributed by atoms with van der Waals surface area (Å²) in [5.41, 5.74) is 8.06. The van der Waals surface area contributed by atoms with E-state index >= 15 is 0 Å². The van der Waals surface area contributed by atoms with Gasteiger partial charge in [-0.1, -0.05) is 21.9 Å². The first-order valence-electron chi connectivity index (χ1n) is 10.8. The van der Waals surface area contributed by atoms with E-state index in [0.29, 0.717) is 48.2 Å². The topological polar surface area (TPSA) is 112 Å². The minimum atomic E-state index is -0.815. The van der Waals surface area contributed by atoms with Gasteiger partial charge in [0.25, 0.3) is 11.8 Å². The molecule has 8 nitrogen and oxygen atoms in total. The number of likely N-dealkylation sites (N-methyl/N-ethyl adjacent to an activating group) is 1. The van der Waals surface area contributed by atoms with Gasteiger partial charge in [0, 0.05) is 37.6 Å². The molecular formula is C24H30IN3O5. The van der Waals surface area contributed by atoms with Crippen molar-refractivity contribution >= 4 is 36.2 Å². The Morgan fingerprint density at radius 3 is 2.70 bits per heavy atom. The molecule has 1 aromatic rings. The van der Waals surface area contributed by atoms with E-state index in [1.54, 1.807) is 20.2 Å². The van der Waals surface area contributed by atoms with Crippen molar-refractivity contribution in [1.29, 1.82) is 0 Å². The summed E-state index contributed by atoms with van der Waals surface area (Å²) in [5, 5.41) is 5.59. The number of allylic oxidation sites excluding steroid dienone is 2. The zero-order chi connectivity index (χ0) is 23.6. The van der Waals surface area contributed by atoms with Gasteiger partial charge in [-0.2, -0.15) is 0 Å². The van der Waals surface area contributed by atoms with Gasteiger partial charge in [-0.05, 0) is 50.9 Å². The van der Waals surface area contributed by atoms with Gasteiger partial charge in [-0.25, -0.2) is 0 Å². The number of methoxy groups -OCH3 is 1. The van der Waals surface area contributed by atoms with Gasteiger partial charge in [-0.3, -0.25) is 9.59 Å². The maximum absolute atomic E-state index is 12.9. The molecule has 2 amide bonds. The Hall–Kier alpha value is -2.30. The molecule has 0 unspecified atom stereocenters. The van der Waals surface area contributed by atoms with Gasteiger partial charge >= 0.3 is 0 Å². The van der Waals surface area contributed by atoms with Crippen LogP contribution in [0.25, 0.3) is 0 Å². The number of benzene rings is 1. The van der Waals surface area contributed by atoms with Crippen molar-refractivity contribution in [3.63, 3.8) is 0 Å². The summed E-state index contributed by atoms with van der Waals surface area (Å²) in [6.07, 6.45) is 5.14. The summed E-state index contributed by atoms with van der Waals surface area (Å²) in [6.45, 7) is 1.44. The fourth-order valence-corrected chi connectivity index (χ4v) is 5.32. The number of amides is 2. The third-order valence-electron chi connectivity index (χ3n) is 5.06. The number of halogens is 1. The lowest BCUT2D eigenvalue weighted by Crippen LogP contribution is -2.41. The number of carbonyl (C=O) groups is 2.